The zero-order chi connectivity index (χ0) is 30.6. The van der Waals surface area contributed by atoms with E-state index in [1.807, 2.05) is 20.8 Å². The first kappa shape index (κ1) is 30.6. The molecule has 1 unspecified atom stereocenters. The van der Waals surface area contributed by atoms with E-state index in [1.54, 1.807) is 30.5 Å². The van der Waals surface area contributed by atoms with E-state index in [-0.39, 0.29) is 35.3 Å². The van der Waals surface area contributed by atoms with E-state index < -0.39 is 11.0 Å². The van der Waals surface area contributed by atoms with Crippen molar-refractivity contribution in [1.29, 1.82) is 5.26 Å². The van der Waals surface area contributed by atoms with Crippen molar-refractivity contribution in [3.8, 4) is 23.7 Å². The third-order valence-electron chi connectivity index (χ3n) is 8.57. The second-order valence-electron chi connectivity index (χ2n) is 12.4. The number of aromatic nitrogens is 2. The van der Waals surface area contributed by atoms with Crippen LogP contribution in [0.2, 0.25) is 0 Å². The SMILES string of the molecule is C=C(c1ncc(C#CCOc2cccc(C#N)c2)nc1CO)C1CCC2(CC1)Cc1ccccc1[C@H]2NS(=O)C(C)(C)C. The van der Waals surface area contributed by atoms with Gasteiger partial charge >= 0.3 is 0 Å². The number of ether oxygens (including phenoxy) is 1. The molecule has 222 valence electrons. The summed E-state index contributed by atoms with van der Waals surface area (Å²) >= 11 is 0. The van der Waals surface area contributed by atoms with Crippen LogP contribution < -0.4 is 9.46 Å². The molecular weight excluding hydrogens is 556 g/mol. The van der Waals surface area contributed by atoms with Gasteiger partial charge in [-0.05, 0) is 105 Å². The first-order chi connectivity index (χ1) is 20.6. The Morgan fingerprint density at radius 2 is 1.98 bits per heavy atom. The largest absolute Gasteiger partial charge is 0.481 e. The summed E-state index contributed by atoms with van der Waals surface area (Å²) in [4.78, 5) is 9.19. The normalized spacial score (nSPS) is 21.7. The molecule has 2 aliphatic rings. The lowest BCUT2D eigenvalue weighted by Crippen LogP contribution is -2.43. The van der Waals surface area contributed by atoms with Crippen LogP contribution in [0, 0.1) is 34.5 Å². The second kappa shape index (κ2) is 12.8. The fourth-order valence-electron chi connectivity index (χ4n) is 6.23. The molecule has 1 saturated carbocycles. The van der Waals surface area contributed by atoms with Gasteiger partial charge in [0.2, 0.25) is 0 Å². The molecule has 2 aliphatic carbocycles. The van der Waals surface area contributed by atoms with Gasteiger partial charge in [0, 0.05) is 0 Å². The highest BCUT2D eigenvalue weighted by molar-refractivity contribution is 7.84. The third-order valence-corrected chi connectivity index (χ3v) is 10.1. The first-order valence-electron chi connectivity index (χ1n) is 14.7. The minimum Gasteiger partial charge on any atom is -0.481 e. The quantitative estimate of drug-likeness (QED) is 0.334. The van der Waals surface area contributed by atoms with E-state index in [9.17, 15) is 9.32 Å². The molecule has 0 radical (unpaired) electrons. The Balaban J connectivity index is 1.26. The molecule has 8 heteroatoms. The summed E-state index contributed by atoms with van der Waals surface area (Å²) < 4.78 is 22.0. The number of nitrogens with zero attached hydrogens (tertiary/aromatic N) is 3. The number of benzene rings is 2. The van der Waals surface area contributed by atoms with Crippen molar-refractivity contribution in [1.82, 2.24) is 14.7 Å². The molecule has 2 N–H and O–H groups in total. The molecule has 1 aromatic heterocycles. The lowest BCUT2D eigenvalue weighted by Gasteiger charge is -2.43. The number of rotatable bonds is 7. The number of hydrogen-bond donors (Lipinski definition) is 2. The molecule has 1 fully saturated rings. The Labute approximate surface area is 257 Å². The molecule has 1 spiro atoms. The van der Waals surface area contributed by atoms with E-state index >= 15 is 0 Å². The van der Waals surface area contributed by atoms with Gasteiger partial charge in [-0.1, -0.05) is 42.8 Å². The molecule has 2 aromatic carbocycles. The molecule has 7 nitrogen and oxygen atoms in total. The van der Waals surface area contributed by atoms with Crippen LogP contribution in [0.5, 0.6) is 5.75 Å². The summed E-state index contributed by atoms with van der Waals surface area (Å²) in [5.41, 5.74) is 5.58. The molecule has 0 aliphatic heterocycles. The average Bonchev–Trinajstić information content (AvgIpc) is 3.30. The van der Waals surface area contributed by atoms with Gasteiger partial charge in [-0.25, -0.2) is 13.9 Å². The molecule has 0 bridgehead atoms. The maximum atomic E-state index is 13.2. The monoisotopic (exact) mass is 594 g/mol. The minimum absolute atomic E-state index is 0.00427. The molecule has 3 aromatic rings. The fraction of sp³-hybridized carbons (Fsp3) is 0.400. The molecule has 0 saturated heterocycles. The average molecular weight is 595 g/mol. The number of aliphatic hydroxyl groups is 1. The van der Waals surface area contributed by atoms with Gasteiger partial charge in [-0.3, -0.25) is 4.98 Å². The number of hydrogen-bond acceptors (Lipinski definition) is 6. The maximum Gasteiger partial charge on any atom is 0.149 e. The highest BCUT2D eigenvalue weighted by Crippen LogP contribution is 2.56. The summed E-state index contributed by atoms with van der Waals surface area (Å²) in [6, 6.07) is 17.6. The summed E-state index contributed by atoms with van der Waals surface area (Å²) in [5.74, 6) is 6.67. The Hall–Kier alpha value is -3.82. The van der Waals surface area contributed by atoms with E-state index in [0.717, 1.165) is 37.7 Å². The third kappa shape index (κ3) is 6.73. The van der Waals surface area contributed by atoms with Crippen molar-refractivity contribution in [2.45, 2.75) is 70.3 Å². The van der Waals surface area contributed by atoms with Crippen LogP contribution in [-0.4, -0.2) is 30.6 Å². The number of aliphatic hydroxyl groups excluding tert-OH is 1. The van der Waals surface area contributed by atoms with Gasteiger partial charge in [-0.15, -0.1) is 0 Å². The lowest BCUT2D eigenvalue weighted by atomic mass is 9.65. The number of nitrogens with one attached hydrogen (secondary N) is 1. The fourth-order valence-corrected chi connectivity index (χ4v) is 7.17. The zero-order valence-electron chi connectivity index (χ0n) is 25.0. The zero-order valence-corrected chi connectivity index (χ0v) is 25.8. The van der Waals surface area contributed by atoms with Crippen molar-refractivity contribution in [2.24, 2.45) is 11.3 Å². The number of fused-ring (bicyclic) bond motifs is 1. The van der Waals surface area contributed by atoms with Crippen LogP contribution in [0.15, 0.2) is 61.3 Å². The second-order valence-corrected chi connectivity index (χ2v) is 14.4. The van der Waals surface area contributed by atoms with Crippen LogP contribution in [0.4, 0.5) is 0 Å². The van der Waals surface area contributed by atoms with Crippen molar-refractivity contribution in [2.75, 3.05) is 6.61 Å². The lowest BCUT2D eigenvalue weighted by molar-refractivity contribution is 0.136. The summed E-state index contributed by atoms with van der Waals surface area (Å²) in [7, 11) is -1.17. The minimum atomic E-state index is -1.17. The predicted molar refractivity (Wildman–Crippen MR) is 169 cm³/mol. The Bertz CT molecular complexity index is 1630. The van der Waals surface area contributed by atoms with E-state index in [0.29, 0.717) is 28.4 Å². The topological polar surface area (TPSA) is 108 Å². The van der Waals surface area contributed by atoms with Crippen molar-refractivity contribution in [3.05, 3.63) is 95.1 Å². The van der Waals surface area contributed by atoms with Crippen molar-refractivity contribution < 1.29 is 14.1 Å². The molecule has 0 amide bonds. The molecular formula is C35H38N4O3S. The summed E-state index contributed by atoms with van der Waals surface area (Å²) in [6.07, 6.45) is 6.42. The predicted octanol–water partition coefficient (Wildman–Crippen LogP) is 5.81. The van der Waals surface area contributed by atoms with Crippen LogP contribution in [-0.2, 0) is 24.0 Å². The van der Waals surface area contributed by atoms with Crippen LogP contribution in [0.1, 0.15) is 86.3 Å². The van der Waals surface area contributed by atoms with Crippen LogP contribution in [0.25, 0.3) is 5.57 Å². The number of nitriles is 1. The van der Waals surface area contributed by atoms with E-state index in [1.165, 1.54) is 11.1 Å². The highest BCUT2D eigenvalue weighted by Gasteiger charge is 2.49. The summed E-state index contributed by atoms with van der Waals surface area (Å²) in [5, 5.41) is 19.2. The molecule has 2 atom stereocenters. The van der Waals surface area contributed by atoms with Gasteiger partial charge in [0.1, 0.15) is 18.1 Å². The van der Waals surface area contributed by atoms with Gasteiger partial charge < -0.3 is 9.84 Å². The van der Waals surface area contributed by atoms with Gasteiger partial charge in [0.05, 0.1) is 57.6 Å². The van der Waals surface area contributed by atoms with Gasteiger partial charge in [0.25, 0.3) is 0 Å². The van der Waals surface area contributed by atoms with Gasteiger partial charge in [0.15, 0.2) is 0 Å². The van der Waals surface area contributed by atoms with E-state index in [2.05, 4.69) is 63.4 Å². The molecule has 43 heavy (non-hydrogen) atoms. The summed E-state index contributed by atoms with van der Waals surface area (Å²) in [6.45, 7) is 10.3. The smallest absolute Gasteiger partial charge is 0.149 e. The molecule has 1 heterocycles. The van der Waals surface area contributed by atoms with Crippen molar-refractivity contribution in [3.63, 3.8) is 0 Å². The highest BCUT2D eigenvalue weighted by atomic mass is 32.2. The Kier molecular flexibility index (Phi) is 9.13. The van der Waals surface area contributed by atoms with E-state index in [4.69, 9.17) is 10.00 Å². The standard InChI is InChI=1S/C35H38N4O3S/c1-24(32-31(23-40)38-28(22-37-32)11-8-18-42-29-12-7-9-25(19-29)21-36)26-14-16-35(17-15-26)20-27-10-5-6-13-30(27)33(35)39-43(41)34(2,3)4/h5-7,9-10,12-13,19,22,26,33,39-40H,1,14-18,20,23H2,2-4H3/t26?,33-,35?,43?/m1/s1. The van der Waals surface area contributed by atoms with Crippen LogP contribution in [0.3, 0.4) is 0 Å². The maximum absolute atomic E-state index is 13.2. The van der Waals surface area contributed by atoms with Gasteiger partial charge in [-0.2, -0.15) is 5.26 Å². The Morgan fingerprint density at radius 3 is 2.70 bits per heavy atom. The first-order valence-corrected chi connectivity index (χ1v) is 15.8. The number of allylic oxidation sites excluding steroid dienone is 1. The van der Waals surface area contributed by atoms with Crippen molar-refractivity contribution >= 4 is 16.6 Å². The Morgan fingerprint density at radius 1 is 1.21 bits per heavy atom. The van der Waals surface area contributed by atoms with Crippen LogP contribution >= 0.6 is 0 Å². The molecule has 5 rings (SSSR count).